The molecule has 2 rings (SSSR count). The number of benzene rings is 2. The minimum atomic E-state index is -0.754. The van der Waals surface area contributed by atoms with Gasteiger partial charge in [-0.1, -0.05) is 18.2 Å². The minimum absolute atomic E-state index is 0.296. The number of hydrogen-bond donors (Lipinski definition) is 2. The molecule has 0 bridgehead atoms. The highest BCUT2D eigenvalue weighted by atomic mass is 19.1. The molecule has 0 aliphatic carbocycles. The SMILES string of the molecule is Cc1cc(F)ccc1C(O)c1ccc(N)cc1. The topological polar surface area (TPSA) is 46.2 Å². The molecule has 2 aromatic carbocycles. The first-order chi connectivity index (χ1) is 8.08. The maximum atomic E-state index is 13.0. The van der Waals surface area contributed by atoms with Gasteiger partial charge in [0.25, 0.3) is 0 Å². The van der Waals surface area contributed by atoms with Crippen LogP contribution in [0.3, 0.4) is 0 Å². The van der Waals surface area contributed by atoms with E-state index in [4.69, 9.17) is 5.73 Å². The Morgan fingerprint density at radius 1 is 1.12 bits per heavy atom. The number of anilines is 1. The molecule has 1 unspecified atom stereocenters. The van der Waals surface area contributed by atoms with Crippen LogP contribution in [0.5, 0.6) is 0 Å². The van der Waals surface area contributed by atoms with Gasteiger partial charge in [0.05, 0.1) is 0 Å². The summed E-state index contributed by atoms with van der Waals surface area (Å²) in [6.45, 7) is 1.78. The number of halogens is 1. The van der Waals surface area contributed by atoms with Crippen molar-refractivity contribution in [3.63, 3.8) is 0 Å². The molecular weight excluding hydrogens is 217 g/mol. The lowest BCUT2D eigenvalue weighted by molar-refractivity contribution is 0.219. The summed E-state index contributed by atoms with van der Waals surface area (Å²) in [5, 5.41) is 10.2. The third kappa shape index (κ3) is 2.45. The van der Waals surface area contributed by atoms with Crippen LogP contribution in [0.4, 0.5) is 10.1 Å². The van der Waals surface area contributed by atoms with Crippen LogP contribution >= 0.6 is 0 Å². The van der Waals surface area contributed by atoms with Gasteiger partial charge in [-0.25, -0.2) is 4.39 Å². The second-order valence-corrected chi connectivity index (χ2v) is 4.07. The Hall–Kier alpha value is -1.87. The quantitative estimate of drug-likeness (QED) is 0.781. The average molecular weight is 231 g/mol. The van der Waals surface area contributed by atoms with Crippen molar-refractivity contribution in [2.75, 3.05) is 5.73 Å². The number of rotatable bonds is 2. The number of nitrogens with two attached hydrogens (primary N) is 1. The normalized spacial score (nSPS) is 12.4. The van der Waals surface area contributed by atoms with Gasteiger partial charge in [-0.3, -0.25) is 0 Å². The second kappa shape index (κ2) is 4.55. The van der Waals surface area contributed by atoms with Gasteiger partial charge < -0.3 is 10.8 Å². The van der Waals surface area contributed by atoms with E-state index in [2.05, 4.69) is 0 Å². The molecule has 0 saturated heterocycles. The Balaban J connectivity index is 2.36. The summed E-state index contributed by atoms with van der Waals surface area (Å²) < 4.78 is 13.0. The van der Waals surface area contributed by atoms with E-state index in [1.165, 1.54) is 12.1 Å². The van der Waals surface area contributed by atoms with E-state index in [9.17, 15) is 9.50 Å². The maximum absolute atomic E-state index is 13.0. The molecule has 0 heterocycles. The number of nitrogen functional groups attached to an aromatic ring is 1. The zero-order chi connectivity index (χ0) is 12.4. The summed E-state index contributed by atoms with van der Waals surface area (Å²) in [4.78, 5) is 0. The molecule has 0 aliphatic rings. The predicted octanol–water partition coefficient (Wildman–Crippen LogP) is 2.80. The van der Waals surface area contributed by atoms with Crippen LogP contribution < -0.4 is 5.73 Å². The molecule has 0 aliphatic heterocycles. The van der Waals surface area contributed by atoms with Crippen molar-refractivity contribution >= 4 is 5.69 Å². The van der Waals surface area contributed by atoms with Crippen LogP contribution in [0, 0.1) is 12.7 Å². The molecule has 3 N–H and O–H groups in total. The molecule has 17 heavy (non-hydrogen) atoms. The molecule has 1 atom stereocenters. The van der Waals surface area contributed by atoms with Gasteiger partial charge in [0, 0.05) is 5.69 Å². The van der Waals surface area contributed by atoms with Gasteiger partial charge in [0.2, 0.25) is 0 Å². The second-order valence-electron chi connectivity index (χ2n) is 4.07. The van der Waals surface area contributed by atoms with E-state index in [0.29, 0.717) is 11.3 Å². The molecule has 0 radical (unpaired) electrons. The third-order valence-corrected chi connectivity index (χ3v) is 2.78. The van der Waals surface area contributed by atoms with Crippen molar-refractivity contribution < 1.29 is 9.50 Å². The van der Waals surface area contributed by atoms with E-state index in [-0.39, 0.29) is 5.82 Å². The van der Waals surface area contributed by atoms with Crippen LogP contribution in [-0.2, 0) is 0 Å². The molecule has 0 spiro atoms. The van der Waals surface area contributed by atoms with Crippen LogP contribution in [0.2, 0.25) is 0 Å². The van der Waals surface area contributed by atoms with Gasteiger partial charge in [-0.15, -0.1) is 0 Å². The minimum Gasteiger partial charge on any atom is -0.399 e. The van der Waals surface area contributed by atoms with Crippen LogP contribution in [-0.4, -0.2) is 5.11 Å². The Morgan fingerprint density at radius 3 is 2.35 bits per heavy atom. The number of aliphatic hydroxyl groups excluding tert-OH is 1. The zero-order valence-electron chi connectivity index (χ0n) is 9.52. The standard InChI is InChI=1S/C14H14FNO/c1-9-8-11(15)4-7-13(9)14(17)10-2-5-12(16)6-3-10/h2-8,14,17H,16H2,1H3. The molecule has 0 aromatic heterocycles. The number of aliphatic hydroxyl groups is 1. The van der Waals surface area contributed by atoms with Crippen LogP contribution in [0.1, 0.15) is 22.8 Å². The van der Waals surface area contributed by atoms with Gasteiger partial charge in [-0.05, 0) is 47.9 Å². The van der Waals surface area contributed by atoms with Crippen molar-refractivity contribution in [2.45, 2.75) is 13.0 Å². The average Bonchev–Trinajstić information content (AvgIpc) is 2.29. The number of aryl methyl sites for hydroxylation is 1. The highest BCUT2D eigenvalue weighted by Gasteiger charge is 2.12. The highest BCUT2D eigenvalue weighted by molar-refractivity contribution is 5.43. The van der Waals surface area contributed by atoms with Gasteiger partial charge >= 0.3 is 0 Å². The zero-order valence-corrected chi connectivity index (χ0v) is 9.52. The summed E-state index contributed by atoms with van der Waals surface area (Å²) >= 11 is 0. The van der Waals surface area contributed by atoms with Gasteiger partial charge in [0.1, 0.15) is 11.9 Å². The smallest absolute Gasteiger partial charge is 0.123 e. The maximum Gasteiger partial charge on any atom is 0.123 e. The van der Waals surface area contributed by atoms with E-state index in [1.54, 1.807) is 37.3 Å². The number of hydrogen-bond acceptors (Lipinski definition) is 2. The monoisotopic (exact) mass is 231 g/mol. The molecule has 2 nitrogen and oxygen atoms in total. The molecule has 0 amide bonds. The van der Waals surface area contributed by atoms with Crippen molar-refractivity contribution in [2.24, 2.45) is 0 Å². The summed E-state index contributed by atoms with van der Waals surface area (Å²) in [6, 6.07) is 11.4. The molecule has 0 saturated carbocycles. The fourth-order valence-corrected chi connectivity index (χ4v) is 1.80. The lowest BCUT2D eigenvalue weighted by Crippen LogP contribution is -2.02. The van der Waals surface area contributed by atoms with E-state index >= 15 is 0 Å². The van der Waals surface area contributed by atoms with Crippen molar-refractivity contribution in [1.82, 2.24) is 0 Å². The lowest BCUT2D eigenvalue weighted by Gasteiger charge is -2.14. The van der Waals surface area contributed by atoms with Crippen LogP contribution in [0.15, 0.2) is 42.5 Å². The third-order valence-electron chi connectivity index (χ3n) is 2.78. The summed E-state index contributed by atoms with van der Waals surface area (Å²) in [6.07, 6.45) is -0.754. The molecular formula is C14H14FNO. The molecule has 88 valence electrons. The highest BCUT2D eigenvalue weighted by Crippen LogP contribution is 2.25. The Bertz CT molecular complexity index is 522. The fraction of sp³-hybridized carbons (Fsp3) is 0.143. The van der Waals surface area contributed by atoms with Crippen molar-refractivity contribution in [3.05, 3.63) is 65.0 Å². The predicted molar refractivity (Wildman–Crippen MR) is 66.1 cm³/mol. The fourth-order valence-electron chi connectivity index (χ4n) is 1.80. The summed E-state index contributed by atoms with van der Waals surface area (Å²) in [5.74, 6) is -0.296. The Morgan fingerprint density at radius 2 is 1.76 bits per heavy atom. The lowest BCUT2D eigenvalue weighted by atomic mass is 9.97. The van der Waals surface area contributed by atoms with Crippen LogP contribution in [0.25, 0.3) is 0 Å². The molecule has 2 aromatic rings. The van der Waals surface area contributed by atoms with E-state index < -0.39 is 6.10 Å². The summed E-state index contributed by atoms with van der Waals surface area (Å²) in [5.41, 5.74) is 8.41. The van der Waals surface area contributed by atoms with Crippen molar-refractivity contribution in [3.8, 4) is 0 Å². The van der Waals surface area contributed by atoms with E-state index in [0.717, 1.165) is 11.1 Å². The first kappa shape index (κ1) is 11.6. The van der Waals surface area contributed by atoms with Gasteiger partial charge in [0.15, 0.2) is 0 Å². The van der Waals surface area contributed by atoms with Crippen molar-refractivity contribution in [1.29, 1.82) is 0 Å². The Labute approximate surface area is 99.5 Å². The molecule has 0 fully saturated rings. The Kier molecular flexibility index (Phi) is 3.11. The molecule has 3 heteroatoms. The first-order valence-corrected chi connectivity index (χ1v) is 5.37. The van der Waals surface area contributed by atoms with E-state index in [1.807, 2.05) is 0 Å². The summed E-state index contributed by atoms with van der Waals surface area (Å²) in [7, 11) is 0. The largest absolute Gasteiger partial charge is 0.399 e. The van der Waals surface area contributed by atoms with Gasteiger partial charge in [-0.2, -0.15) is 0 Å². The first-order valence-electron chi connectivity index (χ1n) is 5.37.